The average molecular weight is 587 g/mol. The first-order chi connectivity index (χ1) is 19.3. The van der Waals surface area contributed by atoms with Crippen LogP contribution in [0.4, 0.5) is 0 Å². The zero-order chi connectivity index (χ0) is 29.9. The van der Waals surface area contributed by atoms with Gasteiger partial charge in [-0.15, -0.1) is 0 Å². The number of hydrogen-bond donors (Lipinski definition) is 5. The van der Waals surface area contributed by atoms with Gasteiger partial charge in [0, 0.05) is 6.54 Å². The fourth-order valence-corrected chi connectivity index (χ4v) is 4.48. The molecule has 0 aliphatic heterocycles. The summed E-state index contributed by atoms with van der Waals surface area (Å²) in [6, 6.07) is -1.01. The number of carbonyl (C=O) groups excluding carboxylic acids is 1. The molecule has 1 amide bonds. The van der Waals surface area contributed by atoms with Crippen LogP contribution in [0.3, 0.4) is 0 Å². The molecule has 0 saturated carbocycles. The normalized spacial score (nSPS) is 16.2. The van der Waals surface area contributed by atoms with Crippen molar-refractivity contribution in [3.63, 3.8) is 0 Å². The number of phosphoric ester groups is 1. The lowest BCUT2D eigenvalue weighted by Crippen LogP contribution is -2.46. The van der Waals surface area contributed by atoms with Gasteiger partial charge in [0.1, 0.15) is 0 Å². The number of carbonyl (C=O) groups is 1. The molecule has 0 radical (unpaired) electrons. The Morgan fingerprint density at radius 3 is 2.17 bits per heavy atom. The summed E-state index contributed by atoms with van der Waals surface area (Å²) in [5.74, 6) is -0.480. The molecule has 0 aliphatic rings. The lowest BCUT2D eigenvalue weighted by atomic mass is 10.1. The second-order valence-electron chi connectivity index (χ2n) is 9.78. The summed E-state index contributed by atoms with van der Waals surface area (Å²) >= 11 is 0. The Morgan fingerprint density at radius 2 is 1.52 bits per heavy atom. The zero-order valence-corrected chi connectivity index (χ0v) is 25.6. The maximum atomic E-state index is 12.6. The largest absolute Gasteiger partial charge is 0.472 e. The first kappa shape index (κ1) is 38.4. The number of rotatable bonds is 26. The third kappa shape index (κ3) is 24.2. The average Bonchev–Trinajstić information content (AvgIpc) is 2.92. The van der Waals surface area contributed by atoms with Crippen LogP contribution in [0.15, 0.2) is 48.6 Å². The van der Waals surface area contributed by atoms with Crippen LogP contribution in [0.25, 0.3) is 0 Å². The smallest absolute Gasteiger partial charge is 0.393 e. The van der Waals surface area contributed by atoms with Gasteiger partial charge in [-0.05, 0) is 58.3 Å². The molecule has 0 aromatic rings. The van der Waals surface area contributed by atoms with Crippen LogP contribution >= 0.6 is 7.82 Å². The quantitative estimate of drug-likeness (QED) is 0.0498. The van der Waals surface area contributed by atoms with Crippen LogP contribution in [0, 0.1) is 0 Å². The molecule has 0 fully saturated rings. The minimum absolute atomic E-state index is 0.0384. The fraction of sp³-hybridized carbons (Fsp3) is 0.700. The summed E-state index contributed by atoms with van der Waals surface area (Å²) in [6.07, 6.45) is 25.2. The van der Waals surface area contributed by atoms with Gasteiger partial charge in [0.05, 0.1) is 37.9 Å². The maximum absolute atomic E-state index is 12.6. The van der Waals surface area contributed by atoms with E-state index in [1.165, 1.54) is 18.9 Å². The van der Waals surface area contributed by atoms with Gasteiger partial charge in [0.25, 0.3) is 0 Å². The molecule has 4 unspecified atom stereocenters. The van der Waals surface area contributed by atoms with Crippen LogP contribution in [0.2, 0.25) is 0 Å². The van der Waals surface area contributed by atoms with Gasteiger partial charge < -0.3 is 26.2 Å². The molecular weight excluding hydrogens is 531 g/mol. The van der Waals surface area contributed by atoms with Crippen LogP contribution in [0.5, 0.6) is 0 Å². The van der Waals surface area contributed by atoms with E-state index < -0.39 is 38.6 Å². The summed E-state index contributed by atoms with van der Waals surface area (Å²) in [4.78, 5) is 22.4. The lowest BCUT2D eigenvalue weighted by Gasteiger charge is -2.24. The Morgan fingerprint density at radius 1 is 0.900 bits per heavy atom. The van der Waals surface area contributed by atoms with Gasteiger partial charge in [-0.1, -0.05) is 81.2 Å². The predicted molar refractivity (Wildman–Crippen MR) is 163 cm³/mol. The van der Waals surface area contributed by atoms with Crippen LogP contribution < -0.4 is 11.1 Å². The van der Waals surface area contributed by atoms with Gasteiger partial charge in [0.2, 0.25) is 5.91 Å². The van der Waals surface area contributed by atoms with Gasteiger partial charge in [0.15, 0.2) is 0 Å². The Balaban J connectivity index is 4.71. The molecule has 0 rings (SSSR count). The van der Waals surface area contributed by atoms with Crippen LogP contribution in [-0.2, 0) is 18.4 Å². The summed E-state index contributed by atoms with van der Waals surface area (Å²) in [6.45, 7) is 3.58. The van der Waals surface area contributed by atoms with Crippen LogP contribution in [0.1, 0.15) is 97.3 Å². The summed E-state index contributed by atoms with van der Waals surface area (Å²) < 4.78 is 21.8. The molecule has 0 bridgehead atoms. The van der Waals surface area contributed by atoms with Crippen molar-refractivity contribution < 1.29 is 33.5 Å². The molecule has 10 heteroatoms. The van der Waals surface area contributed by atoms with Gasteiger partial charge in [-0.25, -0.2) is 4.57 Å². The highest BCUT2D eigenvalue weighted by Crippen LogP contribution is 2.43. The molecule has 0 aromatic carbocycles. The molecular formula is C30H55N2O7P. The summed E-state index contributed by atoms with van der Waals surface area (Å²) in [5.41, 5.74) is 5.30. The SMILES string of the molecule is C/C=C/CC/C=C/CC/C=C/C(O)C(COP(=O)(O)OCCN)NC(=O)CC(O)CCCCC/C=C\CCCC. The van der Waals surface area contributed by atoms with E-state index in [4.69, 9.17) is 14.8 Å². The molecule has 0 aromatic heterocycles. The van der Waals surface area contributed by atoms with Crippen molar-refractivity contribution in [1.82, 2.24) is 5.32 Å². The van der Waals surface area contributed by atoms with Crippen molar-refractivity contribution >= 4 is 13.7 Å². The number of aliphatic hydroxyl groups excluding tert-OH is 2. The standard InChI is InChI=1S/C30H55N2O7P/c1-3-5-7-9-11-13-15-17-19-21-27(33)25-30(35)32-28(26-39-40(36,37)38-24-23-31)29(34)22-20-18-16-14-12-10-8-6-4-2/h4,6,9,11-12,14,20,22,27-29,33-34H,3,5,7-8,10,13,15-19,21,23-26,31H2,1-2H3,(H,32,35)(H,36,37)/b6-4+,11-9-,14-12+,22-20+. The number of nitrogens with one attached hydrogen (secondary N) is 1. The first-order valence-electron chi connectivity index (χ1n) is 14.8. The van der Waals surface area contributed by atoms with E-state index in [9.17, 15) is 24.5 Å². The topological polar surface area (TPSA) is 151 Å². The van der Waals surface area contributed by atoms with Gasteiger partial charge >= 0.3 is 7.82 Å². The molecule has 0 aliphatic carbocycles. The van der Waals surface area contributed by atoms with E-state index >= 15 is 0 Å². The molecule has 0 heterocycles. The highest BCUT2D eigenvalue weighted by atomic mass is 31.2. The first-order valence-corrected chi connectivity index (χ1v) is 16.3. The number of hydrogen-bond acceptors (Lipinski definition) is 7. The minimum atomic E-state index is -4.39. The highest BCUT2D eigenvalue weighted by molar-refractivity contribution is 7.47. The molecule has 4 atom stereocenters. The zero-order valence-electron chi connectivity index (χ0n) is 24.7. The molecule has 0 spiro atoms. The molecule has 9 nitrogen and oxygen atoms in total. The summed E-state index contributed by atoms with van der Waals surface area (Å²) in [7, 11) is -4.39. The van der Waals surface area contributed by atoms with Gasteiger partial charge in [-0.3, -0.25) is 13.8 Å². The third-order valence-corrected chi connectivity index (χ3v) is 6.99. The highest BCUT2D eigenvalue weighted by Gasteiger charge is 2.27. The van der Waals surface area contributed by atoms with Crippen molar-refractivity contribution in [2.75, 3.05) is 19.8 Å². The monoisotopic (exact) mass is 586 g/mol. The number of amides is 1. The third-order valence-electron chi connectivity index (χ3n) is 6.00. The van der Waals surface area contributed by atoms with E-state index in [-0.39, 0.29) is 19.6 Å². The number of phosphoric acid groups is 1. The summed E-state index contributed by atoms with van der Waals surface area (Å²) in [5, 5.41) is 23.6. The molecule has 232 valence electrons. The number of unbranched alkanes of at least 4 members (excludes halogenated alkanes) is 7. The number of aliphatic hydroxyl groups is 2. The van der Waals surface area contributed by atoms with Crippen molar-refractivity contribution in [2.45, 2.75) is 116 Å². The number of nitrogens with two attached hydrogens (primary N) is 1. The van der Waals surface area contributed by atoms with E-state index in [1.807, 2.05) is 13.0 Å². The molecule has 40 heavy (non-hydrogen) atoms. The van der Waals surface area contributed by atoms with Crippen LogP contribution in [-0.4, -0.2) is 59.0 Å². The lowest BCUT2D eigenvalue weighted by molar-refractivity contribution is -0.124. The van der Waals surface area contributed by atoms with E-state index in [0.29, 0.717) is 12.8 Å². The second-order valence-corrected chi connectivity index (χ2v) is 11.2. The van der Waals surface area contributed by atoms with Crippen molar-refractivity contribution in [1.29, 1.82) is 0 Å². The Kier molecular flexibility index (Phi) is 25.3. The fourth-order valence-electron chi connectivity index (χ4n) is 3.72. The maximum Gasteiger partial charge on any atom is 0.472 e. The molecule has 6 N–H and O–H groups in total. The van der Waals surface area contributed by atoms with Gasteiger partial charge in [-0.2, -0.15) is 0 Å². The Bertz CT molecular complexity index is 786. The molecule has 0 saturated heterocycles. The Hall–Kier alpha value is -1.58. The van der Waals surface area contributed by atoms with E-state index in [0.717, 1.165) is 51.4 Å². The van der Waals surface area contributed by atoms with E-state index in [2.05, 4.69) is 42.6 Å². The second kappa shape index (κ2) is 26.3. The number of allylic oxidation sites excluding steroid dienone is 7. The van der Waals surface area contributed by atoms with Crippen molar-refractivity contribution in [2.24, 2.45) is 5.73 Å². The predicted octanol–water partition coefficient (Wildman–Crippen LogP) is 5.62. The van der Waals surface area contributed by atoms with Crippen molar-refractivity contribution in [3.05, 3.63) is 48.6 Å². The van der Waals surface area contributed by atoms with E-state index in [1.54, 1.807) is 6.08 Å². The van der Waals surface area contributed by atoms with Crippen molar-refractivity contribution in [3.8, 4) is 0 Å². The Labute approximate surface area is 242 Å². The minimum Gasteiger partial charge on any atom is -0.393 e.